The molecule has 3 saturated heterocycles. The number of amides is 1. The van der Waals surface area contributed by atoms with E-state index in [2.05, 4.69) is 15.2 Å². The van der Waals surface area contributed by atoms with E-state index in [1.165, 1.54) is 25.9 Å². The van der Waals surface area contributed by atoms with Crippen molar-refractivity contribution in [3.8, 4) is 11.6 Å². The number of benzene rings is 1. The molecule has 0 spiro atoms. The van der Waals surface area contributed by atoms with E-state index in [1.807, 2.05) is 0 Å². The first-order valence-electron chi connectivity index (χ1n) is 9.09. The molecule has 1 aromatic heterocycles. The van der Waals surface area contributed by atoms with Crippen LogP contribution in [0.25, 0.3) is 0 Å². The third kappa shape index (κ3) is 4.00. The van der Waals surface area contributed by atoms with E-state index in [1.54, 1.807) is 42.6 Å². The van der Waals surface area contributed by atoms with Gasteiger partial charge in [0.1, 0.15) is 10.8 Å². The molecule has 1 amide bonds. The van der Waals surface area contributed by atoms with Gasteiger partial charge in [0.05, 0.1) is 0 Å². The van der Waals surface area contributed by atoms with Crippen molar-refractivity contribution in [1.29, 1.82) is 0 Å². The number of ether oxygens (including phenoxy) is 1. The molecule has 2 bridgehead atoms. The maximum atomic E-state index is 12.6. The summed E-state index contributed by atoms with van der Waals surface area (Å²) in [6.45, 7) is 3.29. The smallest absolute Gasteiger partial charge is 0.251 e. The third-order valence-corrected chi connectivity index (χ3v) is 5.48. The van der Waals surface area contributed by atoms with Gasteiger partial charge in [-0.3, -0.25) is 4.79 Å². The van der Waals surface area contributed by atoms with E-state index in [0.717, 1.165) is 18.9 Å². The molecule has 1 unspecified atom stereocenters. The summed E-state index contributed by atoms with van der Waals surface area (Å²) in [6, 6.07) is 10.8. The van der Waals surface area contributed by atoms with Crippen LogP contribution in [0.1, 0.15) is 29.6 Å². The monoisotopic (exact) mass is 371 g/mol. The van der Waals surface area contributed by atoms with Crippen molar-refractivity contribution in [2.45, 2.75) is 25.3 Å². The minimum Gasteiger partial charge on any atom is -0.438 e. The Kier molecular flexibility index (Phi) is 5.09. The van der Waals surface area contributed by atoms with Gasteiger partial charge in [-0.25, -0.2) is 4.98 Å². The molecule has 0 radical (unpaired) electrons. The average molecular weight is 372 g/mol. The molecule has 5 nitrogen and oxygen atoms in total. The van der Waals surface area contributed by atoms with E-state index in [9.17, 15) is 4.79 Å². The van der Waals surface area contributed by atoms with Crippen molar-refractivity contribution in [2.24, 2.45) is 5.92 Å². The van der Waals surface area contributed by atoms with Crippen LogP contribution >= 0.6 is 11.6 Å². The predicted octanol–water partition coefficient (Wildman–Crippen LogP) is 3.74. The van der Waals surface area contributed by atoms with Gasteiger partial charge < -0.3 is 15.0 Å². The van der Waals surface area contributed by atoms with Gasteiger partial charge >= 0.3 is 0 Å². The van der Waals surface area contributed by atoms with Gasteiger partial charge in [-0.15, -0.1) is 0 Å². The third-order valence-electron chi connectivity index (χ3n) is 5.19. The molecule has 1 aromatic carbocycles. The number of hydrogen-bond donors (Lipinski definition) is 1. The molecular weight excluding hydrogens is 350 g/mol. The molecule has 4 heterocycles. The zero-order chi connectivity index (χ0) is 17.9. The summed E-state index contributed by atoms with van der Waals surface area (Å²) in [5.74, 6) is 1.67. The van der Waals surface area contributed by atoms with Crippen LogP contribution in [-0.2, 0) is 0 Å². The second-order valence-corrected chi connectivity index (χ2v) is 7.47. The zero-order valence-electron chi connectivity index (χ0n) is 14.5. The Labute approximate surface area is 158 Å². The highest BCUT2D eigenvalue weighted by Crippen LogP contribution is 2.28. The standard InChI is InChI=1S/C20H22ClN3O2/c21-18-2-1-9-22-20(18)26-17-5-3-15(4-6-17)19(25)23-16-12-14-7-10-24(13-16)11-8-14/h1-6,9,14,16H,7-8,10-13H2,(H,23,25). The van der Waals surface area contributed by atoms with Gasteiger partial charge in [-0.05, 0) is 74.7 Å². The number of nitrogens with zero attached hydrogens (tertiary/aromatic N) is 2. The van der Waals surface area contributed by atoms with Crippen molar-refractivity contribution >= 4 is 17.5 Å². The molecule has 136 valence electrons. The molecule has 1 N–H and O–H groups in total. The van der Waals surface area contributed by atoms with Gasteiger partial charge in [-0.1, -0.05) is 11.6 Å². The molecule has 26 heavy (non-hydrogen) atoms. The number of hydrogen-bond acceptors (Lipinski definition) is 4. The fourth-order valence-corrected chi connectivity index (χ4v) is 3.96. The topological polar surface area (TPSA) is 54.5 Å². The van der Waals surface area contributed by atoms with Crippen LogP contribution in [-0.4, -0.2) is 41.5 Å². The van der Waals surface area contributed by atoms with Crippen LogP contribution in [0.15, 0.2) is 42.6 Å². The van der Waals surface area contributed by atoms with Gasteiger partial charge in [-0.2, -0.15) is 0 Å². The maximum Gasteiger partial charge on any atom is 0.251 e. The Morgan fingerprint density at radius 3 is 2.69 bits per heavy atom. The first-order valence-corrected chi connectivity index (χ1v) is 9.47. The highest BCUT2D eigenvalue weighted by atomic mass is 35.5. The van der Waals surface area contributed by atoms with Gasteiger partial charge in [0, 0.05) is 24.3 Å². The molecule has 3 aliphatic rings. The van der Waals surface area contributed by atoms with E-state index in [4.69, 9.17) is 16.3 Å². The normalized spacial score (nSPS) is 24.7. The molecule has 5 rings (SSSR count). The van der Waals surface area contributed by atoms with E-state index >= 15 is 0 Å². The lowest BCUT2D eigenvalue weighted by molar-refractivity contribution is 0.0929. The maximum absolute atomic E-state index is 12.6. The fourth-order valence-electron chi connectivity index (χ4n) is 3.80. The van der Waals surface area contributed by atoms with Crippen LogP contribution in [0, 0.1) is 5.92 Å². The Balaban J connectivity index is 1.38. The summed E-state index contributed by atoms with van der Waals surface area (Å²) in [5.41, 5.74) is 0.635. The SMILES string of the molecule is O=C(NC1CC2CCN(CC2)C1)c1ccc(Oc2ncccc2Cl)cc1. The minimum absolute atomic E-state index is 0.0279. The van der Waals surface area contributed by atoms with Crippen molar-refractivity contribution < 1.29 is 9.53 Å². The summed E-state index contributed by atoms with van der Waals surface area (Å²) < 4.78 is 5.67. The number of nitrogens with one attached hydrogen (secondary N) is 1. The Morgan fingerprint density at radius 1 is 1.19 bits per heavy atom. The first-order chi connectivity index (χ1) is 12.7. The lowest BCUT2D eigenvalue weighted by Gasteiger charge is -2.26. The molecule has 1 atom stereocenters. The summed E-state index contributed by atoms with van der Waals surface area (Å²) >= 11 is 6.05. The van der Waals surface area contributed by atoms with Gasteiger partial charge in [0.25, 0.3) is 5.91 Å². The van der Waals surface area contributed by atoms with Crippen LogP contribution < -0.4 is 10.1 Å². The predicted molar refractivity (Wildman–Crippen MR) is 101 cm³/mol. The van der Waals surface area contributed by atoms with Gasteiger partial charge in [0.15, 0.2) is 0 Å². The van der Waals surface area contributed by atoms with Crippen molar-refractivity contribution in [3.63, 3.8) is 0 Å². The summed E-state index contributed by atoms with van der Waals surface area (Å²) in [5, 5.41) is 3.65. The summed E-state index contributed by atoms with van der Waals surface area (Å²) in [7, 11) is 0. The number of carbonyl (C=O) groups is 1. The number of aromatic nitrogens is 1. The largest absolute Gasteiger partial charge is 0.438 e. The van der Waals surface area contributed by atoms with E-state index in [-0.39, 0.29) is 11.9 Å². The Bertz CT molecular complexity index is 759. The van der Waals surface area contributed by atoms with Gasteiger partial charge in [0.2, 0.25) is 5.88 Å². The Hall–Kier alpha value is -2.11. The van der Waals surface area contributed by atoms with Crippen molar-refractivity contribution in [3.05, 3.63) is 53.2 Å². The number of piperidine rings is 1. The quantitative estimate of drug-likeness (QED) is 0.889. The Morgan fingerprint density at radius 2 is 1.96 bits per heavy atom. The van der Waals surface area contributed by atoms with Crippen molar-refractivity contribution in [1.82, 2.24) is 15.2 Å². The molecular formula is C20H22ClN3O2. The van der Waals surface area contributed by atoms with Crippen LogP contribution in [0.4, 0.5) is 0 Å². The first kappa shape index (κ1) is 17.3. The highest BCUT2D eigenvalue weighted by Gasteiger charge is 2.29. The fraction of sp³-hybridized carbons (Fsp3) is 0.400. The lowest BCUT2D eigenvalue weighted by Crippen LogP contribution is -2.41. The second kappa shape index (κ2) is 7.64. The number of fused-ring (bicyclic) bond motifs is 4. The van der Waals surface area contributed by atoms with Crippen LogP contribution in [0.3, 0.4) is 0 Å². The number of pyridine rings is 1. The number of rotatable bonds is 4. The second-order valence-electron chi connectivity index (χ2n) is 7.07. The molecule has 3 fully saturated rings. The average Bonchev–Trinajstić information content (AvgIpc) is 2.96. The minimum atomic E-state index is -0.0279. The number of carbonyl (C=O) groups excluding carboxylic acids is 1. The number of halogens is 1. The summed E-state index contributed by atoms with van der Waals surface area (Å²) in [4.78, 5) is 19.1. The molecule has 6 heteroatoms. The molecule has 0 saturated carbocycles. The highest BCUT2D eigenvalue weighted by molar-refractivity contribution is 6.31. The molecule has 2 aromatic rings. The van der Waals surface area contributed by atoms with Crippen LogP contribution in [0.5, 0.6) is 11.6 Å². The van der Waals surface area contributed by atoms with E-state index < -0.39 is 0 Å². The molecule has 0 aliphatic carbocycles. The lowest BCUT2D eigenvalue weighted by atomic mass is 9.94. The summed E-state index contributed by atoms with van der Waals surface area (Å²) in [6.07, 6.45) is 5.23. The van der Waals surface area contributed by atoms with Crippen molar-refractivity contribution in [2.75, 3.05) is 19.6 Å². The zero-order valence-corrected chi connectivity index (χ0v) is 15.3. The van der Waals surface area contributed by atoms with E-state index in [0.29, 0.717) is 22.2 Å². The van der Waals surface area contributed by atoms with Crippen LogP contribution in [0.2, 0.25) is 5.02 Å². The molecule has 3 aliphatic heterocycles.